The van der Waals surface area contributed by atoms with Crippen molar-refractivity contribution in [1.29, 1.82) is 0 Å². The quantitative estimate of drug-likeness (QED) is 0.706. The fraction of sp³-hybridized carbons (Fsp3) is 0.667. The Hall–Kier alpha value is -0.446. The first-order valence-corrected chi connectivity index (χ1v) is 9.81. The van der Waals surface area contributed by atoms with Crippen LogP contribution in [0.4, 0.5) is 5.69 Å². The minimum atomic E-state index is -0.214. The Morgan fingerprint density at radius 3 is 2.12 bits per heavy atom. The normalized spacial score (nSPS) is 20.5. The van der Waals surface area contributed by atoms with E-state index in [0.29, 0.717) is 0 Å². The molecule has 3 rings (SSSR count). The van der Waals surface area contributed by atoms with E-state index in [0.717, 1.165) is 59.5 Å². The molecule has 1 aromatic carbocycles. The molecule has 0 atom stereocenters. The van der Waals surface area contributed by atoms with E-state index in [1.165, 1.54) is 25.7 Å². The zero-order valence-electron chi connectivity index (χ0n) is 16.9. The summed E-state index contributed by atoms with van der Waals surface area (Å²) >= 11 is 0. The summed E-state index contributed by atoms with van der Waals surface area (Å²) in [7, 11) is 1.68. The fourth-order valence-corrected chi connectivity index (χ4v) is 5.06. The number of ether oxygens (including phenoxy) is 1. The van der Waals surface area contributed by atoms with Crippen LogP contribution < -0.4 is 10.1 Å². The van der Waals surface area contributed by atoms with Crippen LogP contribution in [0.2, 0.25) is 0 Å². The number of hydrogen-bond donors (Lipinski definition) is 1. The van der Waals surface area contributed by atoms with Gasteiger partial charge in [-0.3, -0.25) is 4.79 Å². The fourth-order valence-electron chi connectivity index (χ4n) is 5.06. The van der Waals surface area contributed by atoms with E-state index in [2.05, 4.69) is 12.2 Å². The summed E-state index contributed by atoms with van der Waals surface area (Å²) in [5.74, 6) is 1.08. The number of nitrogens with zero attached hydrogens (tertiary/aromatic N) is 1. The molecule has 4 nitrogen and oxygen atoms in total. The van der Waals surface area contributed by atoms with Crippen molar-refractivity contribution in [2.75, 3.05) is 32.1 Å². The van der Waals surface area contributed by atoms with Crippen LogP contribution in [0, 0.1) is 13.8 Å². The number of nitrogens with one attached hydrogen (secondary N) is 1. The third kappa shape index (κ3) is 3.62. The van der Waals surface area contributed by atoms with Gasteiger partial charge in [0.25, 0.3) is 5.91 Å². The van der Waals surface area contributed by atoms with E-state index < -0.39 is 0 Å². The van der Waals surface area contributed by atoms with Gasteiger partial charge in [-0.05, 0) is 69.7 Å². The van der Waals surface area contributed by atoms with Crippen molar-refractivity contribution < 1.29 is 46.7 Å². The van der Waals surface area contributed by atoms with Crippen LogP contribution in [0.1, 0.15) is 56.6 Å². The second kappa shape index (κ2) is 8.71. The first-order chi connectivity index (χ1) is 12.0. The summed E-state index contributed by atoms with van der Waals surface area (Å²) in [6.07, 6.45) is 7.05. The third-order valence-corrected chi connectivity index (χ3v) is 6.77. The molecule has 0 bridgehead atoms. The van der Waals surface area contributed by atoms with Gasteiger partial charge < -0.3 is 14.5 Å². The summed E-state index contributed by atoms with van der Waals surface area (Å²) in [5, 5.41) is 3.32. The molecule has 1 heterocycles. The SMILES string of the molecule is CC[N+]1(C2(C(=O)Nc3c(C)cc(OC)cc3C)CCC2)CCCCC1.[Y]. The monoisotopic (exact) mass is 434 g/mol. The molecule has 0 unspecified atom stereocenters. The van der Waals surface area contributed by atoms with E-state index in [1.807, 2.05) is 26.0 Å². The minimum Gasteiger partial charge on any atom is -0.497 e. The number of carbonyl (C=O) groups is 1. The van der Waals surface area contributed by atoms with Gasteiger partial charge >= 0.3 is 0 Å². The van der Waals surface area contributed by atoms with Crippen LogP contribution in [0.15, 0.2) is 12.1 Å². The third-order valence-electron chi connectivity index (χ3n) is 6.77. The Labute approximate surface area is 183 Å². The average molecular weight is 434 g/mol. The number of likely N-dealkylation sites (tertiary alicyclic amines) is 1. The van der Waals surface area contributed by atoms with Crippen LogP contribution in [-0.2, 0) is 37.5 Å². The molecule has 1 amide bonds. The number of anilines is 1. The van der Waals surface area contributed by atoms with Gasteiger partial charge in [0.05, 0.1) is 26.7 Å². The predicted molar refractivity (Wildman–Crippen MR) is 102 cm³/mol. The first kappa shape index (κ1) is 21.8. The largest absolute Gasteiger partial charge is 0.497 e. The molecule has 1 aliphatic carbocycles. The summed E-state index contributed by atoms with van der Waals surface area (Å²) in [5.41, 5.74) is 2.89. The van der Waals surface area contributed by atoms with Crippen molar-refractivity contribution in [2.24, 2.45) is 0 Å². The van der Waals surface area contributed by atoms with Gasteiger partial charge in [-0.2, -0.15) is 0 Å². The van der Waals surface area contributed by atoms with Crippen LogP contribution in [0.3, 0.4) is 0 Å². The van der Waals surface area contributed by atoms with Crippen LogP contribution >= 0.6 is 0 Å². The smallest absolute Gasteiger partial charge is 0.285 e. The molecule has 0 spiro atoms. The number of methoxy groups -OCH3 is 1. The molecule has 2 fully saturated rings. The number of amides is 1. The molecule has 141 valence electrons. The van der Waals surface area contributed by atoms with Crippen molar-refractivity contribution in [3.63, 3.8) is 0 Å². The van der Waals surface area contributed by atoms with Crippen molar-refractivity contribution in [3.8, 4) is 5.75 Å². The maximum atomic E-state index is 13.5. The molecule has 1 aliphatic heterocycles. The molecular weight excluding hydrogens is 401 g/mol. The summed E-state index contributed by atoms with van der Waals surface area (Å²) in [6, 6.07) is 4.00. The number of quaternary nitrogens is 1. The number of hydrogen-bond acceptors (Lipinski definition) is 2. The van der Waals surface area contributed by atoms with Gasteiger partial charge in [0.1, 0.15) is 5.75 Å². The van der Waals surface area contributed by atoms with Crippen LogP contribution in [0.25, 0.3) is 0 Å². The Morgan fingerprint density at radius 2 is 1.69 bits per heavy atom. The van der Waals surface area contributed by atoms with E-state index in [1.54, 1.807) is 7.11 Å². The number of piperidine rings is 1. The summed E-state index contributed by atoms with van der Waals surface area (Å²) < 4.78 is 6.34. The molecule has 1 aromatic rings. The first-order valence-electron chi connectivity index (χ1n) is 9.81. The molecule has 1 radical (unpaired) electrons. The number of carbonyl (C=O) groups excluding carboxylic acids is 1. The van der Waals surface area contributed by atoms with Crippen molar-refractivity contribution >= 4 is 11.6 Å². The van der Waals surface area contributed by atoms with Gasteiger partial charge in [0.15, 0.2) is 5.54 Å². The molecule has 1 N–H and O–H groups in total. The molecule has 5 heteroatoms. The van der Waals surface area contributed by atoms with Crippen molar-refractivity contribution in [2.45, 2.75) is 64.8 Å². The second-order valence-corrected chi connectivity index (χ2v) is 7.94. The zero-order valence-corrected chi connectivity index (χ0v) is 19.7. The van der Waals surface area contributed by atoms with Crippen molar-refractivity contribution in [3.05, 3.63) is 23.3 Å². The van der Waals surface area contributed by atoms with Gasteiger partial charge in [-0.25, -0.2) is 0 Å². The Bertz CT molecular complexity index is 626. The Morgan fingerprint density at radius 1 is 1.12 bits per heavy atom. The Kier molecular flexibility index (Phi) is 7.32. The minimum absolute atomic E-state index is 0. The Balaban J connectivity index is 0.00000243. The van der Waals surface area contributed by atoms with E-state index in [9.17, 15) is 4.79 Å². The molecule has 26 heavy (non-hydrogen) atoms. The maximum Gasteiger partial charge on any atom is 0.285 e. The number of likely N-dealkylation sites (N-methyl/N-ethyl adjacent to an activating group) is 1. The zero-order chi connectivity index (χ0) is 18.1. The summed E-state index contributed by atoms with van der Waals surface area (Å²) in [4.78, 5) is 13.5. The number of rotatable bonds is 5. The van der Waals surface area contributed by atoms with Gasteiger partial charge in [-0.15, -0.1) is 0 Å². The number of benzene rings is 1. The molecule has 0 aromatic heterocycles. The predicted octanol–water partition coefficient (Wildman–Crippen LogP) is 4.19. The van der Waals surface area contributed by atoms with E-state index in [-0.39, 0.29) is 44.2 Å². The molecular formula is C21H33N2O2Y+. The average Bonchev–Trinajstić information content (AvgIpc) is 2.57. The van der Waals surface area contributed by atoms with Crippen LogP contribution in [-0.4, -0.2) is 42.7 Å². The molecule has 1 saturated carbocycles. The van der Waals surface area contributed by atoms with Crippen LogP contribution in [0.5, 0.6) is 5.75 Å². The summed E-state index contributed by atoms with van der Waals surface area (Å²) in [6.45, 7) is 9.73. The standard InChI is InChI=1S/C21H32N2O2.Y/c1-5-23(12-7-6-8-13-23)21(10-9-11-21)20(24)22-19-16(2)14-18(25-4)15-17(19)3;/h14-15H,5-13H2,1-4H3;/p+1. The van der Waals surface area contributed by atoms with Gasteiger partial charge in [-0.1, -0.05) is 0 Å². The molecule has 1 saturated heterocycles. The number of aryl methyl sites for hydroxylation is 2. The van der Waals surface area contributed by atoms with E-state index >= 15 is 0 Å². The molecule has 2 aliphatic rings. The topological polar surface area (TPSA) is 38.3 Å². The van der Waals surface area contributed by atoms with Gasteiger partial charge in [0, 0.05) is 51.2 Å². The van der Waals surface area contributed by atoms with Crippen molar-refractivity contribution in [1.82, 2.24) is 0 Å². The second-order valence-electron chi connectivity index (χ2n) is 7.94. The maximum absolute atomic E-state index is 13.5. The van der Waals surface area contributed by atoms with E-state index in [4.69, 9.17) is 4.74 Å². The van der Waals surface area contributed by atoms with Gasteiger partial charge in [0.2, 0.25) is 0 Å².